The van der Waals surface area contributed by atoms with Gasteiger partial charge in [0.25, 0.3) is 0 Å². The molecule has 0 bridgehead atoms. The second-order valence-electron chi connectivity index (χ2n) is 7.96. The van der Waals surface area contributed by atoms with Gasteiger partial charge in [-0.3, -0.25) is 0 Å². The Bertz CT molecular complexity index is 983. The highest BCUT2D eigenvalue weighted by atomic mass is 19.1. The molecule has 0 aromatic heterocycles. The zero-order valence-corrected chi connectivity index (χ0v) is 18.1. The molecule has 0 aliphatic carbocycles. The van der Waals surface area contributed by atoms with Crippen molar-refractivity contribution in [2.45, 2.75) is 46.4 Å². The number of nitrogens with one attached hydrogen (secondary N) is 2. The van der Waals surface area contributed by atoms with Crippen LogP contribution < -0.4 is 15.4 Å². The molecular formula is C24H27FN2O4. The number of urea groups is 1. The van der Waals surface area contributed by atoms with Gasteiger partial charge in [0.1, 0.15) is 18.2 Å². The van der Waals surface area contributed by atoms with Crippen molar-refractivity contribution in [2.24, 2.45) is 5.92 Å². The Balaban J connectivity index is 1.90. The van der Waals surface area contributed by atoms with Crippen LogP contribution in [-0.2, 0) is 16.1 Å². The van der Waals surface area contributed by atoms with E-state index < -0.39 is 12.0 Å². The molecule has 1 aliphatic rings. The molecule has 6 nitrogen and oxygen atoms in total. The summed E-state index contributed by atoms with van der Waals surface area (Å²) in [6, 6.07) is 12.2. The average Bonchev–Trinajstić information content (AvgIpc) is 2.72. The molecule has 1 unspecified atom stereocenters. The van der Waals surface area contributed by atoms with Crippen molar-refractivity contribution in [1.82, 2.24) is 10.6 Å². The lowest BCUT2D eigenvalue weighted by Gasteiger charge is -2.31. The number of hydrogen-bond acceptors (Lipinski definition) is 4. The van der Waals surface area contributed by atoms with Gasteiger partial charge in [0.15, 0.2) is 0 Å². The standard InChI is InChI=1S/C24H27FN2O4/c1-14(2)21-20(23(28)31-15(3)4)22(27-24(29)26-21)17-6-5-7-19(12-17)30-13-16-8-10-18(25)11-9-16/h5-12,14-15,22H,13H2,1-4H3,(H2,26,27,29). The maximum Gasteiger partial charge on any atom is 0.338 e. The van der Waals surface area contributed by atoms with Gasteiger partial charge in [-0.25, -0.2) is 14.0 Å². The zero-order chi connectivity index (χ0) is 22.5. The van der Waals surface area contributed by atoms with E-state index in [0.717, 1.165) is 5.56 Å². The van der Waals surface area contributed by atoms with Gasteiger partial charge in [0.2, 0.25) is 0 Å². The van der Waals surface area contributed by atoms with Crippen molar-refractivity contribution in [3.63, 3.8) is 0 Å². The van der Waals surface area contributed by atoms with Gasteiger partial charge in [-0.2, -0.15) is 0 Å². The van der Waals surface area contributed by atoms with Crippen molar-refractivity contribution < 1.29 is 23.5 Å². The van der Waals surface area contributed by atoms with E-state index in [1.165, 1.54) is 12.1 Å². The highest BCUT2D eigenvalue weighted by Crippen LogP contribution is 2.32. The second kappa shape index (κ2) is 9.64. The molecule has 0 saturated carbocycles. The van der Waals surface area contributed by atoms with Crippen LogP contribution in [0.15, 0.2) is 59.8 Å². The van der Waals surface area contributed by atoms with Gasteiger partial charge < -0.3 is 20.1 Å². The Morgan fingerprint density at radius 1 is 1.10 bits per heavy atom. The molecule has 0 radical (unpaired) electrons. The van der Waals surface area contributed by atoms with Crippen LogP contribution in [0.4, 0.5) is 9.18 Å². The third-order valence-electron chi connectivity index (χ3n) is 4.75. The number of carbonyl (C=O) groups is 2. The molecule has 0 fully saturated rings. The minimum atomic E-state index is -0.674. The van der Waals surface area contributed by atoms with Crippen LogP contribution in [0, 0.1) is 11.7 Å². The van der Waals surface area contributed by atoms with E-state index >= 15 is 0 Å². The molecule has 2 aromatic carbocycles. The van der Waals surface area contributed by atoms with Crippen LogP contribution in [0.2, 0.25) is 0 Å². The van der Waals surface area contributed by atoms with Crippen molar-refractivity contribution >= 4 is 12.0 Å². The van der Waals surface area contributed by atoms with Crippen LogP contribution in [0.25, 0.3) is 0 Å². The first kappa shape index (κ1) is 22.3. The van der Waals surface area contributed by atoms with Gasteiger partial charge in [-0.05, 0) is 55.2 Å². The molecule has 2 aromatic rings. The number of amides is 2. The number of halogens is 1. The predicted molar refractivity (Wildman–Crippen MR) is 115 cm³/mol. The molecule has 31 heavy (non-hydrogen) atoms. The predicted octanol–water partition coefficient (Wildman–Crippen LogP) is 4.62. The number of esters is 1. The van der Waals surface area contributed by atoms with Crippen molar-refractivity contribution in [1.29, 1.82) is 0 Å². The van der Waals surface area contributed by atoms with E-state index in [-0.39, 0.29) is 30.5 Å². The fourth-order valence-electron chi connectivity index (χ4n) is 3.33. The normalized spacial score (nSPS) is 16.2. The highest BCUT2D eigenvalue weighted by Gasteiger charge is 2.35. The Morgan fingerprint density at radius 3 is 2.45 bits per heavy atom. The van der Waals surface area contributed by atoms with Crippen LogP contribution in [-0.4, -0.2) is 18.1 Å². The van der Waals surface area contributed by atoms with Gasteiger partial charge in [-0.15, -0.1) is 0 Å². The molecule has 3 rings (SSSR count). The zero-order valence-electron chi connectivity index (χ0n) is 18.1. The molecule has 0 saturated heterocycles. The maximum atomic E-state index is 13.1. The van der Waals surface area contributed by atoms with Gasteiger partial charge in [0, 0.05) is 5.70 Å². The Labute approximate surface area is 181 Å². The minimum absolute atomic E-state index is 0.0822. The summed E-state index contributed by atoms with van der Waals surface area (Å²) in [6.07, 6.45) is -0.294. The fourth-order valence-corrected chi connectivity index (χ4v) is 3.33. The molecule has 2 amide bonds. The summed E-state index contributed by atoms with van der Waals surface area (Å²) in [5.41, 5.74) is 2.43. The summed E-state index contributed by atoms with van der Waals surface area (Å²) in [4.78, 5) is 25.2. The lowest BCUT2D eigenvalue weighted by atomic mass is 9.91. The molecule has 2 N–H and O–H groups in total. The first-order chi connectivity index (χ1) is 14.7. The first-order valence-electron chi connectivity index (χ1n) is 10.2. The number of benzene rings is 2. The van der Waals surface area contributed by atoms with Crippen LogP contribution >= 0.6 is 0 Å². The van der Waals surface area contributed by atoms with E-state index in [2.05, 4.69) is 10.6 Å². The van der Waals surface area contributed by atoms with Gasteiger partial charge in [-0.1, -0.05) is 38.1 Å². The maximum absolute atomic E-state index is 13.1. The highest BCUT2D eigenvalue weighted by molar-refractivity contribution is 5.95. The molecule has 7 heteroatoms. The third kappa shape index (κ3) is 5.63. The summed E-state index contributed by atoms with van der Waals surface area (Å²) in [5, 5.41) is 5.58. The Hall–Kier alpha value is -3.35. The lowest BCUT2D eigenvalue weighted by molar-refractivity contribution is -0.143. The fraction of sp³-hybridized carbons (Fsp3) is 0.333. The van der Waals surface area contributed by atoms with Crippen molar-refractivity contribution in [2.75, 3.05) is 0 Å². The van der Waals surface area contributed by atoms with E-state index in [4.69, 9.17) is 9.47 Å². The monoisotopic (exact) mass is 426 g/mol. The number of allylic oxidation sites excluding steroid dienone is 1. The second-order valence-corrected chi connectivity index (χ2v) is 7.96. The number of rotatable bonds is 7. The summed E-state index contributed by atoms with van der Waals surface area (Å²) in [5.74, 6) is -0.298. The van der Waals surface area contributed by atoms with Crippen LogP contribution in [0.1, 0.15) is 44.9 Å². The average molecular weight is 426 g/mol. The first-order valence-corrected chi connectivity index (χ1v) is 10.2. The largest absolute Gasteiger partial charge is 0.489 e. The lowest BCUT2D eigenvalue weighted by Crippen LogP contribution is -2.47. The summed E-state index contributed by atoms with van der Waals surface area (Å²) in [7, 11) is 0. The van der Waals surface area contributed by atoms with Crippen molar-refractivity contribution in [3.8, 4) is 5.75 Å². The number of carbonyl (C=O) groups excluding carboxylic acids is 2. The topological polar surface area (TPSA) is 76.7 Å². The summed E-state index contributed by atoms with van der Waals surface area (Å²) >= 11 is 0. The number of ether oxygens (including phenoxy) is 2. The van der Waals surface area contributed by atoms with E-state index in [0.29, 0.717) is 22.6 Å². The van der Waals surface area contributed by atoms with Crippen LogP contribution in [0.5, 0.6) is 5.75 Å². The van der Waals surface area contributed by atoms with Crippen LogP contribution in [0.3, 0.4) is 0 Å². The van der Waals surface area contributed by atoms with Gasteiger partial charge >= 0.3 is 12.0 Å². The number of hydrogen-bond donors (Lipinski definition) is 2. The Morgan fingerprint density at radius 2 is 1.81 bits per heavy atom. The molecule has 0 spiro atoms. The quantitative estimate of drug-likeness (QED) is 0.634. The summed E-state index contributed by atoms with van der Waals surface area (Å²) < 4.78 is 24.4. The molecule has 1 heterocycles. The van der Waals surface area contributed by atoms with E-state index in [1.807, 2.05) is 19.9 Å². The van der Waals surface area contributed by atoms with Gasteiger partial charge in [0.05, 0.1) is 17.7 Å². The van der Waals surface area contributed by atoms with E-state index in [9.17, 15) is 14.0 Å². The summed E-state index contributed by atoms with van der Waals surface area (Å²) in [6.45, 7) is 7.63. The minimum Gasteiger partial charge on any atom is -0.489 e. The van der Waals surface area contributed by atoms with E-state index in [1.54, 1.807) is 44.2 Å². The third-order valence-corrected chi connectivity index (χ3v) is 4.75. The van der Waals surface area contributed by atoms with Crippen molar-refractivity contribution in [3.05, 3.63) is 76.7 Å². The molecule has 1 aliphatic heterocycles. The SMILES string of the molecule is CC(C)OC(=O)C1=C(C(C)C)NC(=O)NC1c1cccc(OCc2ccc(F)cc2)c1. The molecular weight excluding hydrogens is 399 g/mol. The smallest absolute Gasteiger partial charge is 0.338 e. The Kier molecular flexibility index (Phi) is 6.95. The molecule has 1 atom stereocenters. The molecule has 164 valence electrons.